The molecule has 0 bridgehead atoms. The van der Waals surface area contributed by atoms with Crippen molar-refractivity contribution in [3.05, 3.63) is 192 Å². The van der Waals surface area contributed by atoms with E-state index in [1.807, 2.05) is 42.5 Å². The van der Waals surface area contributed by atoms with Gasteiger partial charge in [0.25, 0.3) is 0 Å². The van der Waals surface area contributed by atoms with Crippen LogP contribution in [0.25, 0.3) is 83.8 Å². The minimum absolute atomic E-state index is 0. The second kappa shape index (κ2) is 19.1. The van der Waals surface area contributed by atoms with E-state index in [9.17, 15) is 0 Å². The zero-order chi connectivity index (χ0) is 47.9. The number of benzene rings is 6. The summed E-state index contributed by atoms with van der Waals surface area (Å²) in [4.78, 5) is 14.4. The molecular weight excluding hydrogens is 961 g/mol. The van der Waals surface area contributed by atoms with Gasteiger partial charge in [-0.25, -0.2) is 4.98 Å². The van der Waals surface area contributed by atoms with Crippen LogP contribution in [0.15, 0.2) is 162 Å². The summed E-state index contributed by atoms with van der Waals surface area (Å²) in [6, 6.07) is 57.5. The van der Waals surface area contributed by atoms with Crippen molar-refractivity contribution < 1.29 is 31.4 Å². The van der Waals surface area contributed by atoms with Crippen molar-refractivity contribution in [3.8, 4) is 50.7 Å². The van der Waals surface area contributed by atoms with E-state index < -0.39 is 13.2 Å². The predicted molar refractivity (Wildman–Crippen MR) is 261 cm³/mol. The van der Waals surface area contributed by atoms with Crippen LogP contribution >= 0.6 is 0 Å². The van der Waals surface area contributed by atoms with Crippen LogP contribution in [0.2, 0.25) is 0 Å². The van der Waals surface area contributed by atoms with E-state index in [-0.39, 0.29) is 49.0 Å². The van der Waals surface area contributed by atoms with Gasteiger partial charge in [-0.15, -0.1) is 54.1 Å². The number of furan rings is 1. The second-order valence-electron chi connectivity index (χ2n) is 16.7. The Hall–Kier alpha value is -6.46. The third-order valence-electron chi connectivity index (χ3n) is 11.2. The molecule has 0 fully saturated rings. The Bertz CT molecular complexity index is 3370. The van der Waals surface area contributed by atoms with Gasteiger partial charge in [0.05, 0.1) is 28.1 Å². The molecule has 0 N–H and O–H groups in total. The molecule has 0 aliphatic heterocycles. The minimum atomic E-state index is -2.40. The summed E-state index contributed by atoms with van der Waals surface area (Å²) in [5.41, 5.74) is 13.6. The van der Waals surface area contributed by atoms with Crippen molar-refractivity contribution in [3.63, 3.8) is 0 Å². The van der Waals surface area contributed by atoms with Gasteiger partial charge in [-0.2, -0.15) is 0 Å². The number of rotatable bonds is 9. The first kappa shape index (κ1) is 38.0. The Labute approximate surface area is 397 Å². The van der Waals surface area contributed by atoms with Crippen LogP contribution in [0, 0.1) is 24.9 Å². The van der Waals surface area contributed by atoms with Gasteiger partial charge in [0.1, 0.15) is 0 Å². The SMILES string of the molecule is CC(C)c1cc(-c2ccccc2)cc(C(C)C)c1-n1c(-c2[c-]ccc3c2oc2nc(-c4ccccc4)ccc23)nc2ccccc21.[2H]C([2H])([2H])c1cnc(-c2[c-]cccc2)cc1C([2H])([2H])C(C)C.[Ir]. The van der Waals surface area contributed by atoms with Gasteiger partial charge >= 0.3 is 0 Å². The predicted octanol–water partition coefficient (Wildman–Crippen LogP) is 15.4. The molecule has 0 amide bonds. The maximum absolute atomic E-state index is 8.28. The zero-order valence-electron chi connectivity index (χ0n) is 41.8. The summed E-state index contributed by atoms with van der Waals surface area (Å²) in [5.74, 6) is 1.00. The maximum Gasteiger partial charge on any atom is 0.216 e. The molecule has 0 aliphatic rings. The number of imidazole rings is 1. The average Bonchev–Trinajstić information content (AvgIpc) is 3.92. The fraction of sp³-hybridized carbons (Fsp3) is 0.190. The molecule has 0 saturated heterocycles. The average molecular weight is 1020 g/mol. The summed E-state index contributed by atoms with van der Waals surface area (Å²) in [5, 5.41) is 1.98. The normalized spacial score (nSPS) is 13.0. The fourth-order valence-corrected chi connectivity index (χ4v) is 8.18. The van der Waals surface area contributed by atoms with Crippen LogP contribution in [0.5, 0.6) is 0 Å². The molecule has 6 heteroatoms. The number of aryl methyl sites for hydroxylation is 1. The van der Waals surface area contributed by atoms with E-state index in [1.54, 1.807) is 19.9 Å². The van der Waals surface area contributed by atoms with Crippen LogP contribution in [-0.4, -0.2) is 19.5 Å². The van der Waals surface area contributed by atoms with Crippen LogP contribution in [0.3, 0.4) is 0 Å². The minimum Gasteiger partial charge on any atom is -0.486 e. The second-order valence-corrected chi connectivity index (χ2v) is 16.7. The summed E-state index contributed by atoms with van der Waals surface area (Å²) in [6.07, 6.45) is -0.491. The first-order chi connectivity index (χ1) is 32.6. The molecule has 0 unspecified atom stereocenters. The number of pyridine rings is 2. The van der Waals surface area contributed by atoms with Crippen LogP contribution in [-0.2, 0) is 26.5 Å². The summed E-state index contributed by atoms with van der Waals surface area (Å²) >= 11 is 0. The quantitative estimate of drug-likeness (QED) is 0.135. The first-order valence-corrected chi connectivity index (χ1v) is 21.6. The van der Waals surface area contributed by atoms with E-state index in [2.05, 4.69) is 146 Å². The van der Waals surface area contributed by atoms with E-state index in [0.717, 1.165) is 50.0 Å². The summed E-state index contributed by atoms with van der Waals surface area (Å²) in [7, 11) is 0. The first-order valence-electron chi connectivity index (χ1n) is 24.1. The molecule has 1 radical (unpaired) electrons. The van der Waals surface area contributed by atoms with Crippen molar-refractivity contribution in [2.24, 2.45) is 5.92 Å². The topological polar surface area (TPSA) is 56.7 Å². The van der Waals surface area contributed by atoms with Gasteiger partial charge in [0, 0.05) is 49.8 Å². The zero-order valence-corrected chi connectivity index (χ0v) is 39.2. The van der Waals surface area contributed by atoms with Gasteiger partial charge in [0.2, 0.25) is 5.71 Å². The molecular formula is C58H52IrN4O-2. The van der Waals surface area contributed by atoms with Gasteiger partial charge in [0.15, 0.2) is 0 Å². The fourth-order valence-electron chi connectivity index (χ4n) is 8.18. The van der Waals surface area contributed by atoms with Crippen molar-refractivity contribution >= 4 is 33.1 Å². The number of hydrogen-bond acceptors (Lipinski definition) is 4. The Kier molecular flexibility index (Phi) is 11.4. The summed E-state index contributed by atoms with van der Waals surface area (Å²) < 4.78 is 48.4. The molecule has 0 saturated carbocycles. The van der Waals surface area contributed by atoms with Crippen molar-refractivity contribution in [1.29, 1.82) is 0 Å². The monoisotopic (exact) mass is 1020 g/mol. The van der Waals surface area contributed by atoms with Crippen molar-refractivity contribution in [2.45, 2.75) is 66.6 Å². The Morgan fingerprint density at radius 3 is 2.02 bits per heavy atom. The van der Waals surface area contributed by atoms with E-state index in [1.165, 1.54) is 40.2 Å². The van der Waals surface area contributed by atoms with Crippen LogP contribution < -0.4 is 0 Å². The Balaban J connectivity index is 0.000000236. The number of nitrogens with zero attached hydrogens (tertiary/aromatic N) is 4. The molecule has 10 aromatic rings. The molecule has 10 rings (SSSR count). The van der Waals surface area contributed by atoms with E-state index in [4.69, 9.17) is 21.2 Å². The third kappa shape index (κ3) is 8.86. The Morgan fingerprint density at radius 2 is 1.34 bits per heavy atom. The van der Waals surface area contributed by atoms with E-state index >= 15 is 0 Å². The molecule has 5 nitrogen and oxygen atoms in total. The van der Waals surface area contributed by atoms with Crippen molar-refractivity contribution in [2.75, 3.05) is 0 Å². The van der Waals surface area contributed by atoms with Gasteiger partial charge < -0.3 is 14.0 Å². The van der Waals surface area contributed by atoms with E-state index in [0.29, 0.717) is 17.0 Å². The Morgan fingerprint density at radius 1 is 0.656 bits per heavy atom. The smallest absolute Gasteiger partial charge is 0.216 e. The molecule has 4 heterocycles. The van der Waals surface area contributed by atoms with Crippen LogP contribution in [0.4, 0.5) is 0 Å². The molecule has 4 aromatic heterocycles. The van der Waals surface area contributed by atoms with Gasteiger partial charge in [-0.05, 0) is 101 Å². The number of hydrogen-bond donors (Lipinski definition) is 0. The molecule has 0 aliphatic carbocycles. The number of aromatic nitrogens is 4. The van der Waals surface area contributed by atoms with Crippen LogP contribution in [0.1, 0.15) is 82.5 Å². The van der Waals surface area contributed by atoms with Crippen molar-refractivity contribution in [1.82, 2.24) is 19.5 Å². The molecule has 0 spiro atoms. The molecule has 6 aromatic carbocycles. The van der Waals surface area contributed by atoms with Gasteiger partial charge in [-0.3, -0.25) is 4.98 Å². The number of para-hydroxylation sites is 2. The maximum atomic E-state index is 8.28. The third-order valence-corrected chi connectivity index (χ3v) is 11.2. The van der Waals surface area contributed by atoms with Gasteiger partial charge in [-0.1, -0.05) is 137 Å². The molecule has 64 heavy (non-hydrogen) atoms. The standard InChI is InChI=1S/C42H34N3O.C16H18N.Ir/c1-26(2)34-24-30(28-14-7-5-8-15-28)25-35(27(3)4)39(34)45-38-21-12-11-20-37(38)43-41(45)33-19-13-18-31-32-22-23-36(29-16-9-6-10-17-29)44-42(32)46-40(31)33;1-12(2)9-15-10-16(17-11-13(15)3)14-7-5-4-6-8-14;/h5-18,20-27H,1-4H3;4-7,10-12H,9H2,1-3H3;/q2*-1;/i;3D3,9D2;. The largest absolute Gasteiger partial charge is 0.486 e. The number of fused-ring (bicyclic) bond motifs is 4. The molecule has 321 valence electrons. The molecule has 0 atom stereocenters. The summed E-state index contributed by atoms with van der Waals surface area (Å²) in [6.45, 7) is 10.2.